The van der Waals surface area contributed by atoms with E-state index in [1.807, 2.05) is 25.1 Å². The predicted molar refractivity (Wildman–Crippen MR) is 58.2 cm³/mol. The van der Waals surface area contributed by atoms with Gasteiger partial charge >= 0.3 is 0 Å². The Labute approximate surface area is 92.5 Å². The van der Waals surface area contributed by atoms with Crippen molar-refractivity contribution in [3.63, 3.8) is 0 Å². The fourth-order valence-corrected chi connectivity index (χ4v) is 1.35. The Kier molecular flexibility index (Phi) is 2.68. The molecule has 0 atom stereocenters. The summed E-state index contributed by atoms with van der Waals surface area (Å²) >= 11 is 0. The molecule has 0 aliphatic heterocycles. The van der Waals surface area contributed by atoms with Crippen LogP contribution < -0.4 is 5.32 Å². The minimum Gasteiger partial charge on any atom is -0.338 e. The van der Waals surface area contributed by atoms with Gasteiger partial charge in [-0.2, -0.15) is 4.98 Å². The number of hydrogen-bond donors (Lipinski definition) is 1. The van der Waals surface area contributed by atoms with Gasteiger partial charge in [0.1, 0.15) is 0 Å². The monoisotopic (exact) mass is 217 g/mol. The first kappa shape index (κ1) is 10.4. The molecule has 1 aromatic carbocycles. The molecule has 16 heavy (non-hydrogen) atoms. The van der Waals surface area contributed by atoms with E-state index in [1.165, 1.54) is 0 Å². The quantitative estimate of drug-likeness (QED) is 0.834. The highest BCUT2D eigenvalue weighted by Gasteiger charge is 2.11. The SMILES string of the molecule is Cc1nc(NC(=O)c2ccccc2C)no1. The number of carbonyl (C=O) groups is 1. The van der Waals surface area contributed by atoms with Crippen molar-refractivity contribution >= 4 is 11.9 Å². The third-order valence-electron chi connectivity index (χ3n) is 2.14. The van der Waals surface area contributed by atoms with E-state index >= 15 is 0 Å². The summed E-state index contributed by atoms with van der Waals surface area (Å²) in [5.41, 5.74) is 1.50. The van der Waals surface area contributed by atoms with Crippen molar-refractivity contribution in [2.75, 3.05) is 5.32 Å². The average Bonchev–Trinajstić information content (AvgIpc) is 2.64. The van der Waals surface area contributed by atoms with E-state index in [2.05, 4.69) is 15.5 Å². The molecule has 2 rings (SSSR count). The molecule has 0 fully saturated rings. The lowest BCUT2D eigenvalue weighted by Crippen LogP contribution is -2.14. The molecule has 0 saturated carbocycles. The molecular formula is C11H11N3O2. The number of aromatic nitrogens is 2. The number of nitrogens with zero attached hydrogens (tertiary/aromatic N) is 2. The van der Waals surface area contributed by atoms with Crippen LogP contribution in [0.5, 0.6) is 0 Å². The summed E-state index contributed by atoms with van der Waals surface area (Å²) < 4.78 is 4.76. The summed E-state index contributed by atoms with van der Waals surface area (Å²) in [5, 5.41) is 6.16. The van der Waals surface area contributed by atoms with Gasteiger partial charge in [0.05, 0.1) is 0 Å². The summed E-state index contributed by atoms with van der Waals surface area (Å²) in [7, 11) is 0. The van der Waals surface area contributed by atoms with E-state index in [-0.39, 0.29) is 11.9 Å². The third kappa shape index (κ3) is 2.08. The van der Waals surface area contributed by atoms with Crippen LogP contribution in [0.15, 0.2) is 28.8 Å². The Bertz CT molecular complexity index is 519. The van der Waals surface area contributed by atoms with Crippen molar-refractivity contribution in [1.29, 1.82) is 0 Å². The van der Waals surface area contributed by atoms with E-state index in [1.54, 1.807) is 13.0 Å². The Morgan fingerprint density at radius 1 is 1.31 bits per heavy atom. The smallest absolute Gasteiger partial charge is 0.270 e. The maximum Gasteiger partial charge on any atom is 0.270 e. The molecule has 0 radical (unpaired) electrons. The number of aryl methyl sites for hydroxylation is 2. The topological polar surface area (TPSA) is 68.0 Å². The molecule has 0 saturated heterocycles. The molecule has 0 aliphatic rings. The van der Waals surface area contributed by atoms with Gasteiger partial charge in [-0.25, -0.2) is 0 Å². The molecule has 1 N–H and O–H groups in total. The van der Waals surface area contributed by atoms with Crippen molar-refractivity contribution in [2.24, 2.45) is 0 Å². The lowest BCUT2D eigenvalue weighted by atomic mass is 10.1. The molecule has 5 nitrogen and oxygen atoms in total. The summed E-state index contributed by atoms with van der Waals surface area (Å²) in [4.78, 5) is 15.7. The van der Waals surface area contributed by atoms with Gasteiger partial charge in [0, 0.05) is 12.5 Å². The number of anilines is 1. The Morgan fingerprint density at radius 2 is 2.06 bits per heavy atom. The molecule has 0 bridgehead atoms. The number of nitrogens with one attached hydrogen (secondary N) is 1. The van der Waals surface area contributed by atoms with Gasteiger partial charge in [0.25, 0.3) is 11.9 Å². The number of hydrogen-bond acceptors (Lipinski definition) is 4. The van der Waals surface area contributed by atoms with E-state index in [0.717, 1.165) is 5.56 Å². The predicted octanol–water partition coefficient (Wildman–Crippen LogP) is 1.94. The van der Waals surface area contributed by atoms with Crippen LogP contribution in [0.1, 0.15) is 21.8 Å². The minimum atomic E-state index is -0.237. The maximum absolute atomic E-state index is 11.8. The van der Waals surface area contributed by atoms with Crippen molar-refractivity contribution in [1.82, 2.24) is 10.1 Å². The molecule has 0 unspecified atom stereocenters. The highest BCUT2D eigenvalue weighted by atomic mass is 16.5. The van der Waals surface area contributed by atoms with Crippen molar-refractivity contribution in [3.8, 4) is 0 Å². The standard InChI is InChI=1S/C11H11N3O2/c1-7-5-3-4-6-9(7)10(15)13-11-12-8(2)16-14-11/h3-6H,1-2H3,(H,13,14,15). The van der Waals surface area contributed by atoms with Crippen LogP contribution in [0.2, 0.25) is 0 Å². The maximum atomic E-state index is 11.8. The molecule has 2 aromatic rings. The zero-order chi connectivity index (χ0) is 11.5. The zero-order valence-electron chi connectivity index (χ0n) is 9.02. The van der Waals surface area contributed by atoms with Crippen LogP contribution in [0.4, 0.5) is 5.95 Å². The summed E-state index contributed by atoms with van der Waals surface area (Å²) in [6.07, 6.45) is 0. The van der Waals surface area contributed by atoms with E-state index in [9.17, 15) is 4.79 Å². The van der Waals surface area contributed by atoms with Gasteiger partial charge < -0.3 is 4.52 Å². The molecule has 82 valence electrons. The number of benzene rings is 1. The highest BCUT2D eigenvalue weighted by Crippen LogP contribution is 2.09. The van der Waals surface area contributed by atoms with Crippen LogP contribution in [-0.2, 0) is 0 Å². The van der Waals surface area contributed by atoms with E-state index in [0.29, 0.717) is 11.5 Å². The zero-order valence-corrected chi connectivity index (χ0v) is 9.02. The fourth-order valence-electron chi connectivity index (χ4n) is 1.35. The Balaban J connectivity index is 2.18. The molecule has 1 amide bonds. The number of amides is 1. The van der Waals surface area contributed by atoms with E-state index < -0.39 is 0 Å². The first-order valence-corrected chi connectivity index (χ1v) is 4.84. The van der Waals surface area contributed by atoms with Gasteiger partial charge in [0.2, 0.25) is 5.89 Å². The Morgan fingerprint density at radius 3 is 2.69 bits per heavy atom. The lowest BCUT2D eigenvalue weighted by molar-refractivity contribution is 0.102. The highest BCUT2D eigenvalue weighted by molar-refractivity contribution is 6.04. The molecule has 5 heteroatoms. The molecule has 1 heterocycles. The second kappa shape index (κ2) is 4.14. The van der Waals surface area contributed by atoms with Crippen LogP contribution in [-0.4, -0.2) is 16.0 Å². The lowest BCUT2D eigenvalue weighted by Gasteiger charge is -2.03. The van der Waals surface area contributed by atoms with Gasteiger partial charge in [-0.05, 0) is 23.7 Å². The Hall–Kier alpha value is -2.17. The first-order valence-electron chi connectivity index (χ1n) is 4.84. The first-order chi connectivity index (χ1) is 7.66. The number of carbonyl (C=O) groups excluding carboxylic acids is 1. The molecule has 1 aromatic heterocycles. The second-order valence-electron chi connectivity index (χ2n) is 3.41. The largest absolute Gasteiger partial charge is 0.338 e. The third-order valence-corrected chi connectivity index (χ3v) is 2.14. The minimum absolute atomic E-state index is 0.186. The van der Waals surface area contributed by atoms with Gasteiger partial charge in [0.15, 0.2) is 0 Å². The number of rotatable bonds is 2. The fraction of sp³-hybridized carbons (Fsp3) is 0.182. The molecule has 0 aliphatic carbocycles. The summed E-state index contributed by atoms with van der Waals surface area (Å²) in [5.74, 6) is 0.365. The molecular weight excluding hydrogens is 206 g/mol. The molecule has 0 spiro atoms. The summed E-state index contributed by atoms with van der Waals surface area (Å²) in [6.45, 7) is 3.53. The van der Waals surface area contributed by atoms with Crippen LogP contribution in [0.25, 0.3) is 0 Å². The van der Waals surface area contributed by atoms with Crippen LogP contribution in [0, 0.1) is 13.8 Å². The average molecular weight is 217 g/mol. The van der Waals surface area contributed by atoms with Crippen molar-refractivity contribution in [2.45, 2.75) is 13.8 Å². The van der Waals surface area contributed by atoms with Gasteiger partial charge in [-0.3, -0.25) is 10.1 Å². The van der Waals surface area contributed by atoms with E-state index in [4.69, 9.17) is 4.52 Å². The summed E-state index contributed by atoms with van der Waals surface area (Å²) in [6, 6.07) is 7.31. The second-order valence-corrected chi connectivity index (χ2v) is 3.41. The van der Waals surface area contributed by atoms with Crippen molar-refractivity contribution < 1.29 is 9.32 Å². The van der Waals surface area contributed by atoms with Gasteiger partial charge in [-0.1, -0.05) is 18.2 Å². The van der Waals surface area contributed by atoms with Crippen LogP contribution >= 0.6 is 0 Å². The normalized spacial score (nSPS) is 10.1. The van der Waals surface area contributed by atoms with Crippen molar-refractivity contribution in [3.05, 3.63) is 41.3 Å². The van der Waals surface area contributed by atoms with Crippen LogP contribution in [0.3, 0.4) is 0 Å². The van der Waals surface area contributed by atoms with Gasteiger partial charge in [-0.15, -0.1) is 0 Å².